The van der Waals surface area contributed by atoms with Crippen LogP contribution in [-0.4, -0.2) is 26.7 Å². The van der Waals surface area contributed by atoms with Crippen LogP contribution in [0.15, 0.2) is 0 Å². The first-order valence-corrected chi connectivity index (χ1v) is 9.58. The Hall–Kier alpha value is 0.160. The summed E-state index contributed by atoms with van der Waals surface area (Å²) in [6, 6.07) is 0. The third-order valence-electron chi connectivity index (χ3n) is 7.07. The molecule has 4 rings (SSSR count). The second-order valence-corrected chi connectivity index (χ2v) is 10.4. The van der Waals surface area contributed by atoms with E-state index in [0.717, 1.165) is 31.1 Å². The van der Waals surface area contributed by atoms with E-state index in [1.807, 2.05) is 13.8 Å². The van der Waals surface area contributed by atoms with Gasteiger partial charge in [-0.2, -0.15) is 0 Å². The summed E-state index contributed by atoms with van der Waals surface area (Å²) in [7, 11) is 0. The zero-order chi connectivity index (χ0) is 14.9. The van der Waals surface area contributed by atoms with Crippen molar-refractivity contribution in [3.8, 4) is 0 Å². The van der Waals surface area contributed by atoms with Gasteiger partial charge < -0.3 is 9.84 Å². The van der Waals surface area contributed by atoms with Crippen LogP contribution in [0, 0.1) is 35.5 Å². The van der Waals surface area contributed by atoms with E-state index >= 15 is 0 Å². The molecule has 4 bridgehead atoms. The number of carbonyl (C=O) groups is 1. The average molecular weight is 404 g/mol. The fourth-order valence-corrected chi connectivity index (χ4v) is 6.17. The van der Waals surface area contributed by atoms with Crippen molar-refractivity contribution in [3.63, 3.8) is 0 Å². The minimum absolute atomic E-state index is 0.0251. The maximum absolute atomic E-state index is 12.4. The highest BCUT2D eigenvalue weighted by molar-refractivity contribution is 14.1. The summed E-state index contributed by atoms with van der Waals surface area (Å²) >= 11 is 2.23. The molecule has 0 aliphatic heterocycles. The van der Waals surface area contributed by atoms with Crippen LogP contribution in [-0.2, 0) is 9.53 Å². The summed E-state index contributed by atoms with van der Waals surface area (Å²) in [4.78, 5) is 12.4. The molecule has 0 saturated heterocycles. The molecule has 4 fully saturated rings. The lowest BCUT2D eigenvalue weighted by Gasteiger charge is -2.40. The Bertz CT molecular complexity index is 463. The van der Waals surface area contributed by atoms with Gasteiger partial charge in [0.1, 0.15) is 9.53 Å². The van der Waals surface area contributed by atoms with Crippen molar-refractivity contribution >= 4 is 28.6 Å². The SMILES string of the molecule is CCC(C)(I)C(=O)OC1CC2CC1C1C3CC(O)C(C3)C21. The van der Waals surface area contributed by atoms with Crippen LogP contribution in [0.2, 0.25) is 0 Å². The second kappa shape index (κ2) is 4.83. The van der Waals surface area contributed by atoms with Crippen LogP contribution in [0.5, 0.6) is 0 Å². The molecule has 0 aromatic heterocycles. The number of alkyl halides is 1. The molecule has 3 nitrogen and oxygen atoms in total. The minimum Gasteiger partial charge on any atom is -0.461 e. The van der Waals surface area contributed by atoms with Crippen LogP contribution in [0.3, 0.4) is 0 Å². The summed E-state index contributed by atoms with van der Waals surface area (Å²) in [6.45, 7) is 4.02. The zero-order valence-electron chi connectivity index (χ0n) is 12.8. The number of carbonyl (C=O) groups excluding carboxylic acids is 1. The molecule has 4 heteroatoms. The molecule has 21 heavy (non-hydrogen) atoms. The second-order valence-electron chi connectivity index (χ2n) is 8.01. The quantitative estimate of drug-likeness (QED) is 0.340. The number of rotatable bonds is 3. The number of fused-ring (bicyclic) bond motifs is 9. The molecule has 9 unspecified atom stereocenters. The average Bonchev–Trinajstić information content (AvgIpc) is 3.15. The molecule has 4 aliphatic rings. The summed E-state index contributed by atoms with van der Waals surface area (Å²) in [5, 5.41) is 10.2. The van der Waals surface area contributed by atoms with Crippen molar-refractivity contribution in [2.75, 3.05) is 0 Å². The number of ether oxygens (including phenoxy) is 1. The molecule has 0 heterocycles. The number of halogens is 1. The van der Waals surface area contributed by atoms with Crippen LogP contribution in [0.25, 0.3) is 0 Å². The maximum Gasteiger partial charge on any atom is 0.322 e. The molecule has 0 spiro atoms. The Morgan fingerprint density at radius 3 is 2.52 bits per heavy atom. The van der Waals surface area contributed by atoms with Gasteiger partial charge >= 0.3 is 5.97 Å². The maximum atomic E-state index is 12.4. The van der Waals surface area contributed by atoms with Crippen LogP contribution in [0.1, 0.15) is 46.0 Å². The number of aliphatic hydroxyl groups excluding tert-OH is 1. The van der Waals surface area contributed by atoms with Crippen molar-refractivity contribution in [3.05, 3.63) is 0 Å². The topological polar surface area (TPSA) is 46.5 Å². The largest absolute Gasteiger partial charge is 0.461 e. The Kier molecular flexibility index (Phi) is 3.39. The van der Waals surface area contributed by atoms with Gasteiger partial charge in [-0.15, -0.1) is 0 Å². The standard InChI is InChI=1S/C17H25IO3/c1-3-17(2,18)16(20)21-13-7-9-5-11(13)15-8-4-10(14(9)15)12(19)6-8/h8-15,19H,3-7H2,1-2H3. The van der Waals surface area contributed by atoms with E-state index in [1.165, 1.54) is 12.8 Å². The highest BCUT2D eigenvalue weighted by atomic mass is 127. The van der Waals surface area contributed by atoms with Crippen molar-refractivity contribution in [1.82, 2.24) is 0 Å². The summed E-state index contributed by atoms with van der Waals surface area (Å²) in [5.74, 6) is 3.97. The lowest BCUT2D eigenvalue weighted by Crippen LogP contribution is -2.42. The van der Waals surface area contributed by atoms with Gasteiger partial charge in [-0.3, -0.25) is 4.79 Å². The molecule has 0 aromatic carbocycles. The highest BCUT2D eigenvalue weighted by Gasteiger charge is 2.65. The fourth-order valence-electron chi connectivity index (χ4n) is 6.04. The van der Waals surface area contributed by atoms with Gasteiger partial charge in [-0.1, -0.05) is 29.5 Å². The predicted octanol–water partition coefficient (Wildman–Crippen LogP) is 3.17. The van der Waals surface area contributed by atoms with E-state index in [-0.39, 0.29) is 21.6 Å². The molecule has 4 aliphatic carbocycles. The van der Waals surface area contributed by atoms with E-state index in [2.05, 4.69) is 22.6 Å². The molecule has 0 aromatic rings. The van der Waals surface area contributed by atoms with Crippen LogP contribution < -0.4 is 0 Å². The van der Waals surface area contributed by atoms with Gasteiger partial charge in [-0.05, 0) is 74.5 Å². The van der Waals surface area contributed by atoms with Gasteiger partial charge in [0.05, 0.1) is 6.10 Å². The van der Waals surface area contributed by atoms with Crippen LogP contribution in [0.4, 0.5) is 0 Å². The predicted molar refractivity (Wildman–Crippen MR) is 88.0 cm³/mol. The Morgan fingerprint density at radius 1 is 1.19 bits per heavy atom. The van der Waals surface area contributed by atoms with Gasteiger partial charge in [0.2, 0.25) is 0 Å². The van der Waals surface area contributed by atoms with E-state index in [1.54, 1.807) is 0 Å². The lowest BCUT2D eigenvalue weighted by molar-refractivity contribution is -0.156. The van der Waals surface area contributed by atoms with Crippen LogP contribution >= 0.6 is 22.6 Å². The third-order valence-corrected chi connectivity index (χ3v) is 8.27. The number of hydrogen-bond donors (Lipinski definition) is 1. The first-order valence-electron chi connectivity index (χ1n) is 8.50. The van der Waals surface area contributed by atoms with E-state index < -0.39 is 0 Å². The van der Waals surface area contributed by atoms with Crippen molar-refractivity contribution in [1.29, 1.82) is 0 Å². The lowest BCUT2D eigenvalue weighted by atomic mass is 9.69. The number of esters is 1. The first kappa shape index (κ1) is 14.7. The molecule has 4 saturated carbocycles. The third kappa shape index (κ3) is 2.03. The molecule has 9 atom stereocenters. The Balaban J connectivity index is 1.47. The summed E-state index contributed by atoms with van der Waals surface area (Å²) in [5.41, 5.74) is 0. The molecule has 0 amide bonds. The minimum atomic E-state index is -0.385. The summed E-state index contributed by atoms with van der Waals surface area (Å²) in [6.07, 6.45) is 5.42. The van der Waals surface area contributed by atoms with Crippen molar-refractivity contribution in [2.24, 2.45) is 35.5 Å². The van der Waals surface area contributed by atoms with Crippen molar-refractivity contribution < 1.29 is 14.6 Å². The van der Waals surface area contributed by atoms with Gasteiger partial charge in [0.15, 0.2) is 0 Å². The Labute approximate surface area is 140 Å². The smallest absolute Gasteiger partial charge is 0.322 e. The van der Waals surface area contributed by atoms with Gasteiger partial charge in [0.25, 0.3) is 0 Å². The molecule has 118 valence electrons. The highest BCUT2D eigenvalue weighted by Crippen LogP contribution is 2.67. The zero-order valence-corrected chi connectivity index (χ0v) is 15.0. The fraction of sp³-hybridized carbons (Fsp3) is 0.941. The Morgan fingerprint density at radius 2 is 1.81 bits per heavy atom. The molecular weight excluding hydrogens is 379 g/mol. The van der Waals surface area contributed by atoms with E-state index in [4.69, 9.17) is 4.74 Å². The number of hydrogen-bond acceptors (Lipinski definition) is 3. The first-order chi connectivity index (χ1) is 9.92. The molecular formula is C17H25IO3. The number of aliphatic hydroxyl groups is 1. The van der Waals surface area contributed by atoms with Gasteiger partial charge in [0, 0.05) is 0 Å². The van der Waals surface area contributed by atoms with E-state index in [9.17, 15) is 9.90 Å². The monoisotopic (exact) mass is 404 g/mol. The van der Waals surface area contributed by atoms with Crippen molar-refractivity contribution in [2.45, 2.75) is 61.6 Å². The molecule has 1 N–H and O–H groups in total. The normalized spacial score (nSPS) is 52.8. The molecule has 0 radical (unpaired) electrons. The van der Waals surface area contributed by atoms with Gasteiger partial charge in [-0.25, -0.2) is 0 Å². The summed E-state index contributed by atoms with van der Waals surface area (Å²) < 4.78 is 5.55. The van der Waals surface area contributed by atoms with E-state index in [0.29, 0.717) is 23.7 Å².